The zero-order chi connectivity index (χ0) is 7.72. The molecule has 0 radical (unpaired) electrons. The van der Waals surface area contributed by atoms with Gasteiger partial charge in [-0.15, -0.1) is 0 Å². The van der Waals surface area contributed by atoms with E-state index in [9.17, 15) is 0 Å². The minimum absolute atomic E-state index is 0.447. The van der Waals surface area contributed by atoms with Gasteiger partial charge in [-0.3, -0.25) is 0 Å². The molecule has 54 valence electrons. The highest BCUT2D eigenvalue weighted by atomic mass is 14.9. The van der Waals surface area contributed by atoms with E-state index >= 15 is 0 Å². The highest BCUT2D eigenvalue weighted by Crippen LogP contribution is 2.41. The molecule has 1 saturated carbocycles. The van der Waals surface area contributed by atoms with Crippen LogP contribution in [0.15, 0.2) is 37.0 Å². The van der Waals surface area contributed by atoms with Crippen molar-refractivity contribution in [2.24, 2.45) is 5.92 Å². The van der Waals surface area contributed by atoms with Gasteiger partial charge in [-0.1, -0.05) is 31.4 Å². The number of hydrogen-bond donors (Lipinski definition) is 1. The van der Waals surface area contributed by atoms with Gasteiger partial charge in [-0.25, -0.2) is 0 Å². The lowest BCUT2D eigenvalue weighted by Crippen LogP contribution is -2.11. The molecule has 1 heteroatoms. The van der Waals surface area contributed by atoms with E-state index in [4.69, 9.17) is 0 Å². The normalized spacial score (nSPS) is 29.9. The smallest absolute Gasteiger partial charge is 0.0388 e. The van der Waals surface area contributed by atoms with Gasteiger partial charge in [0.1, 0.15) is 0 Å². The van der Waals surface area contributed by atoms with E-state index in [0.717, 1.165) is 5.57 Å². The van der Waals surface area contributed by atoms with E-state index in [1.807, 2.05) is 7.05 Å². The van der Waals surface area contributed by atoms with Crippen molar-refractivity contribution in [3.63, 3.8) is 0 Å². The fourth-order valence-corrected chi connectivity index (χ4v) is 1.25. The predicted molar refractivity (Wildman–Crippen MR) is 44.8 cm³/mol. The maximum absolute atomic E-state index is 3.90. The average Bonchev–Trinajstić information content (AvgIpc) is 2.59. The minimum atomic E-state index is 0.447. The second kappa shape index (κ2) is 2.43. The summed E-state index contributed by atoms with van der Waals surface area (Å²) in [5, 5.41) is 3.15. The molecule has 1 aliphatic carbocycles. The molecule has 1 fully saturated rings. The largest absolute Gasteiger partial charge is 0.312 e. The Hall–Kier alpha value is -0.820. The molecule has 1 aliphatic rings. The van der Waals surface area contributed by atoms with Gasteiger partial charge in [-0.2, -0.15) is 0 Å². The third-order valence-electron chi connectivity index (χ3n) is 2.00. The number of likely N-dealkylation sites (N-methyl/N-ethyl adjacent to an activating group) is 1. The Morgan fingerprint density at radius 3 is 2.60 bits per heavy atom. The summed E-state index contributed by atoms with van der Waals surface area (Å²) in [5.41, 5.74) is 2.30. The van der Waals surface area contributed by atoms with Crippen LogP contribution >= 0.6 is 0 Å². The van der Waals surface area contributed by atoms with Crippen molar-refractivity contribution < 1.29 is 0 Å². The third kappa shape index (κ3) is 0.929. The summed E-state index contributed by atoms with van der Waals surface area (Å²) in [6, 6.07) is 0.450. The topological polar surface area (TPSA) is 12.0 Å². The highest BCUT2D eigenvalue weighted by Gasteiger charge is 2.41. The van der Waals surface area contributed by atoms with E-state index < -0.39 is 0 Å². The van der Waals surface area contributed by atoms with Gasteiger partial charge in [0.25, 0.3) is 0 Å². The van der Waals surface area contributed by atoms with Crippen LogP contribution in [0.2, 0.25) is 0 Å². The van der Waals surface area contributed by atoms with Crippen LogP contribution in [0.1, 0.15) is 0 Å². The SMILES string of the molecule is C=CC(=C)C1C(=C)C1NC. The van der Waals surface area contributed by atoms with Gasteiger partial charge in [0, 0.05) is 12.0 Å². The summed E-state index contributed by atoms with van der Waals surface area (Å²) in [4.78, 5) is 0. The Labute approximate surface area is 62.1 Å². The van der Waals surface area contributed by atoms with Crippen molar-refractivity contribution in [2.75, 3.05) is 7.05 Å². The van der Waals surface area contributed by atoms with Crippen LogP contribution in [-0.4, -0.2) is 13.1 Å². The van der Waals surface area contributed by atoms with Gasteiger partial charge >= 0.3 is 0 Å². The van der Waals surface area contributed by atoms with Crippen molar-refractivity contribution in [2.45, 2.75) is 6.04 Å². The molecule has 0 heterocycles. The van der Waals surface area contributed by atoms with Crippen molar-refractivity contribution in [1.29, 1.82) is 0 Å². The standard InChI is InChI=1S/C9H13N/c1-5-6(2)8-7(3)9(8)10-4/h5,8-10H,1-3H2,4H3. The fraction of sp³-hybridized carbons (Fsp3) is 0.333. The monoisotopic (exact) mass is 135 g/mol. The number of allylic oxidation sites excluding steroid dienone is 1. The Balaban J connectivity index is 2.56. The lowest BCUT2D eigenvalue weighted by atomic mass is 10.2. The minimum Gasteiger partial charge on any atom is -0.312 e. The van der Waals surface area contributed by atoms with Gasteiger partial charge in [0.2, 0.25) is 0 Å². The number of rotatable bonds is 3. The van der Waals surface area contributed by atoms with E-state index in [2.05, 4.69) is 25.1 Å². The van der Waals surface area contributed by atoms with Crippen molar-refractivity contribution >= 4 is 0 Å². The van der Waals surface area contributed by atoms with E-state index in [0.29, 0.717) is 12.0 Å². The summed E-state index contributed by atoms with van der Waals surface area (Å²) in [5.74, 6) is 0.447. The molecule has 10 heavy (non-hydrogen) atoms. The Morgan fingerprint density at radius 1 is 1.70 bits per heavy atom. The highest BCUT2D eigenvalue weighted by molar-refractivity contribution is 5.44. The van der Waals surface area contributed by atoms with Crippen LogP contribution in [-0.2, 0) is 0 Å². The molecular weight excluding hydrogens is 122 g/mol. The molecule has 0 saturated heterocycles. The Bertz CT molecular complexity index is 191. The number of nitrogens with one attached hydrogen (secondary N) is 1. The van der Waals surface area contributed by atoms with Crippen LogP contribution in [0.4, 0.5) is 0 Å². The fourth-order valence-electron chi connectivity index (χ4n) is 1.25. The van der Waals surface area contributed by atoms with Crippen molar-refractivity contribution in [3.05, 3.63) is 37.0 Å². The van der Waals surface area contributed by atoms with Crippen molar-refractivity contribution in [1.82, 2.24) is 5.32 Å². The van der Waals surface area contributed by atoms with E-state index in [1.54, 1.807) is 6.08 Å². The number of hydrogen-bond acceptors (Lipinski definition) is 1. The zero-order valence-corrected chi connectivity index (χ0v) is 6.35. The first-order valence-corrected chi connectivity index (χ1v) is 3.39. The van der Waals surface area contributed by atoms with E-state index in [-0.39, 0.29) is 0 Å². The predicted octanol–water partition coefficient (Wildman–Crippen LogP) is 1.50. The summed E-state index contributed by atoms with van der Waals surface area (Å²) in [7, 11) is 1.94. The lowest BCUT2D eigenvalue weighted by Gasteiger charge is -1.93. The molecule has 0 aliphatic heterocycles. The molecular formula is C9H13N. The van der Waals surface area contributed by atoms with Gasteiger partial charge in [0.15, 0.2) is 0 Å². The second-order valence-corrected chi connectivity index (χ2v) is 2.60. The molecule has 2 unspecified atom stereocenters. The lowest BCUT2D eigenvalue weighted by molar-refractivity contribution is 0.771. The Kier molecular flexibility index (Phi) is 1.77. The van der Waals surface area contributed by atoms with Gasteiger partial charge in [0.05, 0.1) is 0 Å². The molecule has 0 amide bonds. The summed E-state index contributed by atoms with van der Waals surface area (Å²) >= 11 is 0. The molecule has 1 rings (SSSR count). The van der Waals surface area contributed by atoms with Crippen LogP contribution in [0.5, 0.6) is 0 Å². The summed E-state index contributed by atoms with van der Waals surface area (Å²) in [6.45, 7) is 11.4. The van der Waals surface area contributed by atoms with Crippen molar-refractivity contribution in [3.8, 4) is 0 Å². The molecule has 0 aromatic rings. The average molecular weight is 135 g/mol. The Morgan fingerprint density at radius 2 is 2.30 bits per heavy atom. The molecule has 0 aromatic carbocycles. The molecule has 1 nitrogen and oxygen atoms in total. The molecule has 0 aromatic heterocycles. The van der Waals surface area contributed by atoms with Gasteiger partial charge < -0.3 is 5.32 Å². The second-order valence-electron chi connectivity index (χ2n) is 2.60. The molecule has 0 bridgehead atoms. The van der Waals surface area contributed by atoms with Crippen LogP contribution in [0, 0.1) is 5.92 Å². The van der Waals surface area contributed by atoms with Crippen LogP contribution in [0.25, 0.3) is 0 Å². The first-order chi connectivity index (χ1) is 4.72. The quantitative estimate of drug-likeness (QED) is 0.457. The van der Waals surface area contributed by atoms with Gasteiger partial charge in [-0.05, 0) is 12.6 Å². The molecule has 1 N–H and O–H groups in total. The molecule has 2 atom stereocenters. The maximum Gasteiger partial charge on any atom is 0.0388 e. The zero-order valence-electron chi connectivity index (χ0n) is 6.35. The van der Waals surface area contributed by atoms with Crippen LogP contribution < -0.4 is 5.32 Å². The third-order valence-corrected chi connectivity index (χ3v) is 2.00. The van der Waals surface area contributed by atoms with E-state index in [1.165, 1.54) is 5.57 Å². The first-order valence-electron chi connectivity index (χ1n) is 3.39. The summed E-state index contributed by atoms with van der Waals surface area (Å²) in [6.07, 6.45) is 1.80. The van der Waals surface area contributed by atoms with Crippen LogP contribution in [0.3, 0.4) is 0 Å². The first kappa shape index (κ1) is 7.29. The maximum atomic E-state index is 3.90. The molecule has 0 spiro atoms. The summed E-state index contributed by atoms with van der Waals surface area (Å²) < 4.78 is 0.